The average molecular weight is 322 g/mol. The summed E-state index contributed by atoms with van der Waals surface area (Å²) in [5.74, 6) is -0.392. The molecule has 3 N–H and O–H groups in total. The summed E-state index contributed by atoms with van der Waals surface area (Å²) in [6.45, 7) is 1.45. The zero-order valence-electron chi connectivity index (χ0n) is 12.6. The Kier molecular flexibility index (Phi) is 5.61. The van der Waals surface area contributed by atoms with Crippen LogP contribution in [0.2, 0.25) is 0 Å². The molecule has 7 nitrogen and oxygen atoms in total. The summed E-state index contributed by atoms with van der Waals surface area (Å²) in [7, 11) is 0. The third-order valence-electron chi connectivity index (χ3n) is 3.07. The summed E-state index contributed by atoms with van der Waals surface area (Å²) in [6, 6.07) is 4.76. The van der Waals surface area contributed by atoms with E-state index in [1.807, 2.05) is 0 Å². The molecule has 0 aliphatic heterocycles. The first kappa shape index (κ1) is 16.9. The first-order valence-corrected chi connectivity index (χ1v) is 7.06. The minimum Gasteiger partial charge on any atom is -0.504 e. The minimum atomic E-state index is -0.883. The second kappa shape index (κ2) is 7.66. The Balaban J connectivity index is 2.36. The van der Waals surface area contributed by atoms with E-state index in [-0.39, 0.29) is 47.9 Å². The topological polar surface area (TPSA) is 109 Å². The fourth-order valence-electron chi connectivity index (χ4n) is 1.92. The van der Waals surface area contributed by atoms with Crippen LogP contribution in [0.15, 0.2) is 39.7 Å². The molecule has 1 heterocycles. The van der Waals surface area contributed by atoms with E-state index in [0.717, 1.165) is 0 Å². The number of hydrogen-bond donors (Lipinski definition) is 3. The summed E-state index contributed by atoms with van der Waals surface area (Å²) in [5.41, 5.74) is -0.749. The van der Waals surface area contributed by atoms with Crippen LogP contribution in [0.25, 0.3) is 11.0 Å². The molecule has 2 rings (SSSR count). The highest BCUT2D eigenvalue weighted by Crippen LogP contribution is 2.35. The molecule has 0 saturated carbocycles. The van der Waals surface area contributed by atoms with Gasteiger partial charge in [-0.2, -0.15) is 0 Å². The molecule has 1 atom stereocenters. The number of aliphatic hydroxyl groups excluding tert-OH is 2. The van der Waals surface area contributed by atoms with Crippen molar-refractivity contribution in [3.05, 3.63) is 41.0 Å². The van der Waals surface area contributed by atoms with Crippen molar-refractivity contribution >= 4 is 11.0 Å². The van der Waals surface area contributed by atoms with Crippen LogP contribution in [0.3, 0.4) is 0 Å². The standard InChI is InChI=1S/C16H18O7/c1-2-7-22-15-13(19)11-4-3-5-12(14(11)23-16(15)20)21-8-6-10(18)9-17/h2-5,7,10,17-19H,6,8-9H2,1H3/b7-2-. The lowest BCUT2D eigenvalue weighted by molar-refractivity contribution is 0.0754. The quantitative estimate of drug-likeness (QED) is 0.524. The van der Waals surface area contributed by atoms with E-state index in [9.17, 15) is 15.0 Å². The molecule has 0 amide bonds. The largest absolute Gasteiger partial charge is 0.504 e. The lowest BCUT2D eigenvalue weighted by Crippen LogP contribution is -2.16. The molecule has 7 heteroatoms. The molecule has 0 spiro atoms. The Morgan fingerprint density at radius 2 is 2.17 bits per heavy atom. The van der Waals surface area contributed by atoms with Gasteiger partial charge in [0.25, 0.3) is 5.75 Å². The molecule has 0 radical (unpaired) electrons. The highest BCUT2D eigenvalue weighted by atomic mass is 16.5. The van der Waals surface area contributed by atoms with Crippen molar-refractivity contribution in [2.45, 2.75) is 19.4 Å². The van der Waals surface area contributed by atoms with Crippen molar-refractivity contribution in [2.24, 2.45) is 0 Å². The van der Waals surface area contributed by atoms with Crippen LogP contribution in [0.1, 0.15) is 13.3 Å². The molecule has 0 aliphatic carbocycles. The maximum Gasteiger partial charge on any atom is 0.383 e. The van der Waals surface area contributed by atoms with Crippen molar-refractivity contribution < 1.29 is 29.2 Å². The first-order chi connectivity index (χ1) is 11.1. The number of para-hydroxylation sites is 1. The van der Waals surface area contributed by atoms with E-state index in [1.165, 1.54) is 6.26 Å². The van der Waals surface area contributed by atoms with E-state index >= 15 is 0 Å². The number of rotatable bonds is 7. The molecule has 0 bridgehead atoms. The van der Waals surface area contributed by atoms with Crippen molar-refractivity contribution in [1.82, 2.24) is 0 Å². The predicted molar refractivity (Wildman–Crippen MR) is 82.8 cm³/mol. The van der Waals surface area contributed by atoms with Gasteiger partial charge in [0.1, 0.15) is 0 Å². The third-order valence-corrected chi connectivity index (χ3v) is 3.07. The molecule has 23 heavy (non-hydrogen) atoms. The van der Waals surface area contributed by atoms with E-state index in [4.69, 9.17) is 19.0 Å². The zero-order chi connectivity index (χ0) is 16.8. The van der Waals surface area contributed by atoms with Gasteiger partial charge in [0.2, 0.25) is 0 Å². The SMILES string of the molecule is C/C=C\Oc1c(O)c2cccc(OCCC(O)CO)c2oc1=O. The number of fused-ring (bicyclic) bond motifs is 1. The molecule has 1 unspecified atom stereocenters. The van der Waals surface area contributed by atoms with Crippen LogP contribution in [0, 0.1) is 0 Å². The van der Waals surface area contributed by atoms with Gasteiger partial charge < -0.3 is 29.2 Å². The van der Waals surface area contributed by atoms with E-state index in [0.29, 0.717) is 0 Å². The fourth-order valence-corrected chi connectivity index (χ4v) is 1.92. The fraction of sp³-hybridized carbons (Fsp3) is 0.312. The minimum absolute atomic E-state index is 0.0846. The highest BCUT2D eigenvalue weighted by molar-refractivity contribution is 5.89. The van der Waals surface area contributed by atoms with Gasteiger partial charge in [-0.25, -0.2) is 4.79 Å². The number of aromatic hydroxyl groups is 1. The van der Waals surface area contributed by atoms with Crippen molar-refractivity contribution in [3.63, 3.8) is 0 Å². The van der Waals surface area contributed by atoms with Gasteiger partial charge in [-0.05, 0) is 19.1 Å². The second-order valence-corrected chi connectivity index (χ2v) is 4.76. The summed E-state index contributed by atoms with van der Waals surface area (Å²) >= 11 is 0. The number of ether oxygens (including phenoxy) is 2. The van der Waals surface area contributed by atoms with Crippen LogP contribution in [0.5, 0.6) is 17.2 Å². The smallest absolute Gasteiger partial charge is 0.383 e. The lowest BCUT2D eigenvalue weighted by atomic mass is 10.2. The second-order valence-electron chi connectivity index (χ2n) is 4.76. The molecule has 0 saturated heterocycles. The zero-order valence-corrected chi connectivity index (χ0v) is 12.6. The van der Waals surface area contributed by atoms with Gasteiger partial charge in [0, 0.05) is 6.42 Å². The third kappa shape index (κ3) is 3.82. The molecular formula is C16H18O7. The predicted octanol–water partition coefficient (Wildman–Crippen LogP) is 1.53. The van der Waals surface area contributed by atoms with Gasteiger partial charge in [-0.15, -0.1) is 0 Å². The number of aliphatic hydroxyl groups is 2. The first-order valence-electron chi connectivity index (χ1n) is 7.06. The number of hydrogen-bond acceptors (Lipinski definition) is 7. The van der Waals surface area contributed by atoms with Crippen LogP contribution >= 0.6 is 0 Å². The Labute approximate surface area is 132 Å². The van der Waals surface area contributed by atoms with E-state index < -0.39 is 11.7 Å². The summed E-state index contributed by atoms with van der Waals surface area (Å²) in [6.07, 6.45) is 2.15. The van der Waals surface area contributed by atoms with Gasteiger partial charge in [0.15, 0.2) is 17.1 Å². The van der Waals surface area contributed by atoms with Crippen LogP contribution in [-0.2, 0) is 0 Å². The van der Waals surface area contributed by atoms with E-state index in [2.05, 4.69) is 0 Å². The Morgan fingerprint density at radius 1 is 1.39 bits per heavy atom. The molecule has 124 valence electrons. The Hall–Kier alpha value is -2.51. The van der Waals surface area contributed by atoms with Gasteiger partial charge in [-0.3, -0.25) is 0 Å². The molecule has 1 aromatic heterocycles. The number of allylic oxidation sites excluding steroid dienone is 1. The van der Waals surface area contributed by atoms with Gasteiger partial charge >= 0.3 is 5.63 Å². The van der Waals surface area contributed by atoms with E-state index in [1.54, 1.807) is 31.2 Å². The van der Waals surface area contributed by atoms with Crippen molar-refractivity contribution in [3.8, 4) is 17.2 Å². The lowest BCUT2D eigenvalue weighted by Gasteiger charge is -2.11. The van der Waals surface area contributed by atoms with Crippen LogP contribution in [-0.4, -0.2) is 34.6 Å². The number of benzene rings is 1. The van der Waals surface area contributed by atoms with Crippen molar-refractivity contribution in [2.75, 3.05) is 13.2 Å². The Morgan fingerprint density at radius 3 is 2.87 bits per heavy atom. The van der Waals surface area contributed by atoms with Gasteiger partial charge in [-0.1, -0.05) is 12.1 Å². The molecular weight excluding hydrogens is 304 g/mol. The molecule has 1 aromatic carbocycles. The molecule has 2 aromatic rings. The average Bonchev–Trinajstić information content (AvgIpc) is 2.55. The van der Waals surface area contributed by atoms with Crippen LogP contribution in [0.4, 0.5) is 0 Å². The molecule has 0 aliphatic rings. The normalized spacial score (nSPS) is 12.7. The summed E-state index contributed by atoms with van der Waals surface area (Å²) in [4.78, 5) is 11.9. The Bertz CT molecular complexity index is 748. The van der Waals surface area contributed by atoms with Gasteiger partial charge in [0.05, 0.1) is 31.0 Å². The van der Waals surface area contributed by atoms with Crippen molar-refractivity contribution in [1.29, 1.82) is 0 Å². The van der Waals surface area contributed by atoms with Crippen LogP contribution < -0.4 is 15.1 Å². The summed E-state index contributed by atoms with van der Waals surface area (Å²) in [5, 5.41) is 28.5. The maximum absolute atomic E-state index is 11.9. The highest BCUT2D eigenvalue weighted by Gasteiger charge is 2.17. The monoisotopic (exact) mass is 322 g/mol. The molecule has 0 fully saturated rings. The maximum atomic E-state index is 11.9. The summed E-state index contributed by atoms with van der Waals surface area (Å²) < 4.78 is 15.7.